The predicted octanol–water partition coefficient (Wildman–Crippen LogP) is 3.20. The van der Waals surface area contributed by atoms with Gasteiger partial charge in [-0.1, -0.05) is 29.8 Å². The van der Waals surface area contributed by atoms with Crippen LogP contribution >= 0.6 is 11.6 Å². The Hall–Kier alpha value is -1.32. The molecule has 18 heavy (non-hydrogen) atoms. The summed E-state index contributed by atoms with van der Waals surface area (Å²) in [7, 11) is 0. The smallest absolute Gasteiger partial charge is 0.1000 e. The molecule has 1 atom stereocenters. The van der Waals surface area contributed by atoms with E-state index in [4.69, 9.17) is 11.6 Å². The van der Waals surface area contributed by atoms with Gasteiger partial charge in [-0.3, -0.25) is 4.68 Å². The van der Waals surface area contributed by atoms with Gasteiger partial charge in [0, 0.05) is 16.3 Å². The normalized spacial score (nSPS) is 12.7. The molecule has 0 unspecified atom stereocenters. The molecule has 0 fully saturated rings. The minimum Gasteiger partial charge on any atom is -0.386 e. The van der Waals surface area contributed by atoms with Gasteiger partial charge in [0.2, 0.25) is 0 Å². The lowest BCUT2D eigenvalue weighted by Crippen LogP contribution is -2.12. The molecular weight excluding hydrogens is 248 g/mol. The van der Waals surface area contributed by atoms with E-state index in [0.29, 0.717) is 11.6 Å². The summed E-state index contributed by atoms with van der Waals surface area (Å²) in [6.45, 7) is 6.44. The molecule has 0 aliphatic heterocycles. The van der Waals surface area contributed by atoms with Crippen LogP contribution in [0.1, 0.15) is 28.6 Å². The van der Waals surface area contributed by atoms with Crippen molar-refractivity contribution in [2.24, 2.45) is 0 Å². The van der Waals surface area contributed by atoms with E-state index in [9.17, 15) is 5.11 Å². The standard InChI is InChI=1S/C14H17ClN2O/c1-9-10(2)16-17(11(9)3)8-14(18)12-6-4-5-7-13(12)15/h4-7,14,18H,8H2,1-3H3/t14-/m0/s1. The van der Waals surface area contributed by atoms with Gasteiger partial charge in [-0.05, 0) is 32.4 Å². The number of halogens is 1. The maximum Gasteiger partial charge on any atom is 0.1000 e. The Labute approximate surface area is 112 Å². The molecule has 1 aromatic heterocycles. The quantitative estimate of drug-likeness (QED) is 0.925. The Balaban J connectivity index is 2.24. The Kier molecular flexibility index (Phi) is 3.73. The monoisotopic (exact) mass is 264 g/mol. The highest BCUT2D eigenvalue weighted by Gasteiger charge is 2.15. The van der Waals surface area contributed by atoms with Gasteiger partial charge in [-0.15, -0.1) is 0 Å². The molecule has 1 N–H and O–H groups in total. The number of hydrogen-bond acceptors (Lipinski definition) is 2. The van der Waals surface area contributed by atoms with E-state index in [0.717, 1.165) is 17.0 Å². The summed E-state index contributed by atoms with van der Waals surface area (Å²) in [5.74, 6) is 0. The van der Waals surface area contributed by atoms with Crippen LogP contribution in [0.5, 0.6) is 0 Å². The Morgan fingerprint density at radius 3 is 2.50 bits per heavy atom. The van der Waals surface area contributed by atoms with E-state index >= 15 is 0 Å². The van der Waals surface area contributed by atoms with Crippen molar-refractivity contribution in [1.82, 2.24) is 9.78 Å². The van der Waals surface area contributed by atoms with Crippen LogP contribution in [0.15, 0.2) is 24.3 Å². The Bertz CT molecular complexity index is 563. The number of aromatic nitrogens is 2. The van der Waals surface area contributed by atoms with Gasteiger partial charge in [0.25, 0.3) is 0 Å². The molecular formula is C14H17ClN2O. The highest BCUT2D eigenvalue weighted by molar-refractivity contribution is 6.31. The zero-order valence-electron chi connectivity index (χ0n) is 10.8. The van der Waals surface area contributed by atoms with E-state index in [1.54, 1.807) is 6.07 Å². The summed E-state index contributed by atoms with van der Waals surface area (Å²) < 4.78 is 1.83. The highest BCUT2D eigenvalue weighted by Crippen LogP contribution is 2.24. The van der Waals surface area contributed by atoms with Crippen LogP contribution in [-0.4, -0.2) is 14.9 Å². The number of aliphatic hydroxyl groups is 1. The molecule has 1 heterocycles. The molecule has 0 bridgehead atoms. The third-order valence-corrected chi connectivity index (χ3v) is 3.70. The van der Waals surface area contributed by atoms with Gasteiger partial charge < -0.3 is 5.11 Å². The second-order valence-corrected chi connectivity index (χ2v) is 4.92. The first-order chi connectivity index (χ1) is 8.50. The third kappa shape index (κ3) is 2.42. The number of hydrogen-bond donors (Lipinski definition) is 1. The minimum atomic E-state index is -0.643. The van der Waals surface area contributed by atoms with Crippen LogP contribution in [0.4, 0.5) is 0 Å². The van der Waals surface area contributed by atoms with Crippen LogP contribution in [0.2, 0.25) is 5.02 Å². The van der Waals surface area contributed by atoms with Gasteiger partial charge in [-0.25, -0.2) is 0 Å². The van der Waals surface area contributed by atoms with Gasteiger partial charge >= 0.3 is 0 Å². The molecule has 0 spiro atoms. The van der Waals surface area contributed by atoms with Crippen LogP contribution in [0.3, 0.4) is 0 Å². The van der Waals surface area contributed by atoms with Crippen LogP contribution < -0.4 is 0 Å². The largest absolute Gasteiger partial charge is 0.386 e. The lowest BCUT2D eigenvalue weighted by atomic mass is 10.1. The minimum absolute atomic E-state index is 0.421. The maximum atomic E-state index is 10.2. The molecule has 4 heteroatoms. The number of aliphatic hydroxyl groups excluding tert-OH is 1. The fourth-order valence-corrected chi connectivity index (χ4v) is 2.23. The average molecular weight is 265 g/mol. The fourth-order valence-electron chi connectivity index (χ4n) is 1.97. The molecule has 96 valence electrons. The first-order valence-corrected chi connectivity index (χ1v) is 6.31. The lowest BCUT2D eigenvalue weighted by molar-refractivity contribution is 0.150. The highest BCUT2D eigenvalue weighted by atomic mass is 35.5. The zero-order chi connectivity index (χ0) is 13.3. The Morgan fingerprint density at radius 1 is 1.28 bits per heavy atom. The van der Waals surface area contributed by atoms with Crippen molar-refractivity contribution in [3.8, 4) is 0 Å². The maximum absolute atomic E-state index is 10.2. The summed E-state index contributed by atoms with van der Waals surface area (Å²) in [5.41, 5.74) is 3.99. The van der Waals surface area contributed by atoms with Crippen LogP contribution in [0.25, 0.3) is 0 Å². The second-order valence-electron chi connectivity index (χ2n) is 4.52. The summed E-state index contributed by atoms with van der Waals surface area (Å²) in [6, 6.07) is 7.35. The van der Waals surface area contributed by atoms with Crippen molar-refractivity contribution < 1.29 is 5.11 Å². The molecule has 0 saturated carbocycles. The van der Waals surface area contributed by atoms with Crippen molar-refractivity contribution in [3.63, 3.8) is 0 Å². The number of rotatable bonds is 3. The van der Waals surface area contributed by atoms with E-state index in [1.807, 2.05) is 43.7 Å². The lowest BCUT2D eigenvalue weighted by Gasteiger charge is -2.14. The van der Waals surface area contributed by atoms with Crippen molar-refractivity contribution >= 4 is 11.6 Å². The van der Waals surface area contributed by atoms with E-state index in [2.05, 4.69) is 5.10 Å². The topological polar surface area (TPSA) is 38.0 Å². The van der Waals surface area contributed by atoms with Gasteiger partial charge in [0.1, 0.15) is 0 Å². The van der Waals surface area contributed by atoms with Crippen molar-refractivity contribution in [3.05, 3.63) is 51.8 Å². The van der Waals surface area contributed by atoms with Gasteiger partial charge in [0.15, 0.2) is 0 Å². The molecule has 1 aromatic carbocycles. The molecule has 2 aromatic rings. The number of benzene rings is 1. The zero-order valence-corrected chi connectivity index (χ0v) is 11.6. The van der Waals surface area contributed by atoms with Gasteiger partial charge in [0.05, 0.1) is 18.3 Å². The second kappa shape index (κ2) is 5.12. The van der Waals surface area contributed by atoms with Crippen molar-refractivity contribution in [1.29, 1.82) is 0 Å². The molecule has 0 aliphatic rings. The number of nitrogens with zero attached hydrogens (tertiary/aromatic N) is 2. The van der Waals surface area contributed by atoms with Crippen molar-refractivity contribution in [2.75, 3.05) is 0 Å². The average Bonchev–Trinajstić information content (AvgIpc) is 2.57. The summed E-state index contributed by atoms with van der Waals surface area (Å²) in [5, 5.41) is 15.2. The summed E-state index contributed by atoms with van der Waals surface area (Å²) in [6.07, 6.45) is -0.643. The van der Waals surface area contributed by atoms with Crippen LogP contribution in [0, 0.1) is 20.8 Å². The van der Waals surface area contributed by atoms with E-state index in [-0.39, 0.29) is 0 Å². The number of aryl methyl sites for hydroxylation is 1. The fraction of sp³-hybridized carbons (Fsp3) is 0.357. The van der Waals surface area contributed by atoms with E-state index < -0.39 is 6.10 Å². The first kappa shape index (κ1) is 13.1. The molecule has 0 saturated heterocycles. The first-order valence-electron chi connectivity index (χ1n) is 5.93. The van der Waals surface area contributed by atoms with E-state index in [1.165, 1.54) is 5.56 Å². The summed E-state index contributed by atoms with van der Waals surface area (Å²) >= 11 is 6.07. The predicted molar refractivity (Wildman–Crippen MR) is 72.8 cm³/mol. The summed E-state index contributed by atoms with van der Waals surface area (Å²) in [4.78, 5) is 0. The molecule has 2 rings (SSSR count). The molecule has 0 aliphatic carbocycles. The molecule has 0 amide bonds. The Morgan fingerprint density at radius 2 is 1.94 bits per heavy atom. The van der Waals surface area contributed by atoms with Crippen LogP contribution in [-0.2, 0) is 6.54 Å². The molecule has 3 nitrogen and oxygen atoms in total. The molecule has 0 radical (unpaired) electrons. The van der Waals surface area contributed by atoms with Gasteiger partial charge in [-0.2, -0.15) is 5.10 Å². The third-order valence-electron chi connectivity index (χ3n) is 3.35. The SMILES string of the molecule is Cc1nn(C[C@H](O)c2ccccc2Cl)c(C)c1C. The van der Waals surface area contributed by atoms with Crippen molar-refractivity contribution in [2.45, 2.75) is 33.4 Å².